The Kier molecular flexibility index (Phi) is 5.77. The lowest BCUT2D eigenvalue weighted by atomic mass is 9.96. The highest BCUT2D eigenvalue weighted by Gasteiger charge is 2.33. The normalized spacial score (nSPS) is 20.2. The molecule has 0 atom stereocenters. The van der Waals surface area contributed by atoms with Crippen LogP contribution in [0.2, 0.25) is 4.34 Å². The summed E-state index contributed by atoms with van der Waals surface area (Å²) in [6.07, 6.45) is 8.02. The number of likely N-dealkylation sites (tertiary alicyclic amines) is 1. The van der Waals surface area contributed by atoms with E-state index < -0.39 is 0 Å². The van der Waals surface area contributed by atoms with Crippen LogP contribution >= 0.6 is 22.9 Å². The summed E-state index contributed by atoms with van der Waals surface area (Å²) in [5, 5.41) is 3.12. The van der Waals surface area contributed by atoms with Crippen molar-refractivity contribution >= 4 is 28.8 Å². The molecule has 5 heteroatoms. The van der Waals surface area contributed by atoms with Crippen LogP contribution in [-0.2, 0) is 11.2 Å². The van der Waals surface area contributed by atoms with Gasteiger partial charge in [-0.25, -0.2) is 0 Å². The Morgan fingerprint density at radius 3 is 2.64 bits per heavy atom. The van der Waals surface area contributed by atoms with Crippen LogP contribution in [-0.4, -0.2) is 36.5 Å². The predicted molar refractivity (Wildman–Crippen MR) is 92.6 cm³/mol. The van der Waals surface area contributed by atoms with Gasteiger partial charge < -0.3 is 10.2 Å². The Balaban J connectivity index is 1.26. The zero-order chi connectivity index (χ0) is 15.4. The molecule has 1 aliphatic carbocycles. The molecule has 2 aliphatic rings. The fourth-order valence-corrected chi connectivity index (χ4v) is 4.36. The Labute approximate surface area is 142 Å². The van der Waals surface area contributed by atoms with Crippen LogP contribution in [0, 0.1) is 5.92 Å². The van der Waals surface area contributed by atoms with Gasteiger partial charge in [-0.3, -0.25) is 4.79 Å². The molecule has 1 saturated heterocycles. The standard InChI is InChI=1S/C17H25ClN2OS/c18-16-7-6-15(22-16)3-1-2-10-19-17(21)13-8-11-20(12-9-13)14-4-5-14/h6-7,13-14H,1-5,8-12H2,(H,19,21). The van der Waals surface area contributed by atoms with Crippen LogP contribution < -0.4 is 5.32 Å². The summed E-state index contributed by atoms with van der Waals surface area (Å²) >= 11 is 7.58. The number of aryl methyl sites for hydroxylation is 1. The minimum absolute atomic E-state index is 0.242. The second-order valence-corrected chi connectivity index (χ2v) is 8.30. The summed E-state index contributed by atoms with van der Waals surface area (Å²) in [5.74, 6) is 0.515. The van der Waals surface area contributed by atoms with Crippen LogP contribution in [0.25, 0.3) is 0 Å². The molecule has 1 aromatic rings. The summed E-state index contributed by atoms with van der Waals surface area (Å²) in [5.41, 5.74) is 0. The number of halogens is 1. The molecule has 1 aromatic heterocycles. The van der Waals surface area contributed by atoms with Crippen LogP contribution in [0.15, 0.2) is 12.1 Å². The smallest absolute Gasteiger partial charge is 0.223 e. The number of nitrogens with zero attached hydrogens (tertiary/aromatic N) is 1. The average molecular weight is 341 g/mol. The minimum Gasteiger partial charge on any atom is -0.356 e. The number of carbonyl (C=O) groups excluding carboxylic acids is 1. The molecule has 3 rings (SSSR count). The van der Waals surface area contributed by atoms with Crippen LogP contribution in [0.1, 0.15) is 43.4 Å². The maximum absolute atomic E-state index is 12.2. The van der Waals surface area contributed by atoms with E-state index in [9.17, 15) is 4.79 Å². The van der Waals surface area contributed by atoms with Gasteiger partial charge in [0.15, 0.2) is 0 Å². The first-order valence-electron chi connectivity index (χ1n) is 8.48. The maximum atomic E-state index is 12.2. The van der Waals surface area contributed by atoms with E-state index in [4.69, 9.17) is 11.6 Å². The van der Waals surface area contributed by atoms with Gasteiger partial charge in [0.05, 0.1) is 4.34 Å². The predicted octanol–water partition coefficient (Wildman–Crippen LogP) is 3.71. The minimum atomic E-state index is 0.242. The van der Waals surface area contributed by atoms with E-state index in [1.54, 1.807) is 11.3 Å². The molecule has 0 unspecified atom stereocenters. The van der Waals surface area contributed by atoms with E-state index in [1.165, 1.54) is 17.7 Å². The van der Waals surface area contributed by atoms with E-state index in [-0.39, 0.29) is 11.8 Å². The maximum Gasteiger partial charge on any atom is 0.223 e. The van der Waals surface area contributed by atoms with Crippen LogP contribution in [0.3, 0.4) is 0 Å². The SMILES string of the molecule is O=C(NCCCCc1ccc(Cl)s1)C1CCN(C2CC2)CC1. The fraction of sp³-hybridized carbons (Fsp3) is 0.706. The molecular weight excluding hydrogens is 316 g/mol. The van der Waals surface area contributed by atoms with Gasteiger partial charge in [0.1, 0.15) is 0 Å². The van der Waals surface area contributed by atoms with Crippen molar-refractivity contribution in [2.45, 2.75) is 51.0 Å². The summed E-state index contributed by atoms with van der Waals surface area (Å²) in [6.45, 7) is 3.03. The molecule has 0 spiro atoms. The number of nitrogens with one attached hydrogen (secondary N) is 1. The molecule has 122 valence electrons. The number of hydrogen-bond acceptors (Lipinski definition) is 3. The van der Waals surface area contributed by atoms with Gasteiger partial charge in [0.25, 0.3) is 0 Å². The van der Waals surface area contributed by atoms with E-state index >= 15 is 0 Å². The molecule has 22 heavy (non-hydrogen) atoms. The van der Waals surface area contributed by atoms with Crippen LogP contribution in [0.4, 0.5) is 0 Å². The van der Waals surface area contributed by atoms with Gasteiger partial charge in [0.2, 0.25) is 5.91 Å². The molecule has 0 radical (unpaired) electrons. The Morgan fingerprint density at radius 1 is 1.23 bits per heavy atom. The molecule has 0 bridgehead atoms. The lowest BCUT2D eigenvalue weighted by Crippen LogP contribution is -2.41. The third kappa shape index (κ3) is 4.71. The van der Waals surface area contributed by atoms with Gasteiger partial charge >= 0.3 is 0 Å². The third-order valence-electron chi connectivity index (χ3n) is 4.74. The van der Waals surface area contributed by atoms with Crippen molar-refractivity contribution in [3.8, 4) is 0 Å². The van der Waals surface area contributed by atoms with Crippen molar-refractivity contribution in [3.05, 3.63) is 21.3 Å². The van der Waals surface area contributed by atoms with Gasteiger partial charge in [-0.2, -0.15) is 0 Å². The van der Waals surface area contributed by atoms with E-state index in [2.05, 4.69) is 16.3 Å². The average Bonchev–Trinajstić information content (AvgIpc) is 3.30. The molecule has 2 fully saturated rings. The first-order chi connectivity index (χ1) is 10.7. The molecule has 0 aromatic carbocycles. The summed E-state index contributed by atoms with van der Waals surface area (Å²) in [6, 6.07) is 4.89. The van der Waals surface area contributed by atoms with E-state index in [0.717, 1.165) is 62.1 Å². The van der Waals surface area contributed by atoms with Crippen molar-refractivity contribution in [2.75, 3.05) is 19.6 Å². The largest absolute Gasteiger partial charge is 0.356 e. The van der Waals surface area contributed by atoms with Crippen molar-refractivity contribution in [1.29, 1.82) is 0 Å². The topological polar surface area (TPSA) is 32.3 Å². The van der Waals surface area contributed by atoms with Crippen LogP contribution in [0.5, 0.6) is 0 Å². The Bertz CT molecular complexity index is 493. The Morgan fingerprint density at radius 2 is 2.00 bits per heavy atom. The number of rotatable bonds is 7. The van der Waals surface area contributed by atoms with Gasteiger partial charge in [-0.15, -0.1) is 11.3 Å². The fourth-order valence-electron chi connectivity index (χ4n) is 3.23. The molecule has 1 N–H and O–H groups in total. The second kappa shape index (κ2) is 7.80. The van der Waals surface area contributed by atoms with Crippen molar-refractivity contribution in [1.82, 2.24) is 10.2 Å². The number of carbonyl (C=O) groups is 1. The monoisotopic (exact) mass is 340 g/mol. The van der Waals surface area contributed by atoms with Crippen molar-refractivity contribution in [3.63, 3.8) is 0 Å². The molecule has 1 aliphatic heterocycles. The summed E-state index contributed by atoms with van der Waals surface area (Å²) in [7, 11) is 0. The molecule has 1 saturated carbocycles. The van der Waals surface area contributed by atoms with Crippen molar-refractivity contribution in [2.24, 2.45) is 5.92 Å². The number of amides is 1. The summed E-state index contributed by atoms with van der Waals surface area (Å²) in [4.78, 5) is 16.1. The van der Waals surface area contributed by atoms with Gasteiger partial charge in [0, 0.05) is 23.4 Å². The van der Waals surface area contributed by atoms with Crippen molar-refractivity contribution < 1.29 is 4.79 Å². The zero-order valence-electron chi connectivity index (χ0n) is 13.0. The van der Waals surface area contributed by atoms with Gasteiger partial charge in [-0.05, 0) is 70.2 Å². The van der Waals surface area contributed by atoms with E-state index in [1.807, 2.05) is 6.07 Å². The zero-order valence-corrected chi connectivity index (χ0v) is 14.6. The Hall–Kier alpha value is -0.580. The number of hydrogen-bond donors (Lipinski definition) is 1. The number of piperidine rings is 1. The highest BCUT2D eigenvalue weighted by Crippen LogP contribution is 2.30. The summed E-state index contributed by atoms with van der Waals surface area (Å²) < 4.78 is 0.862. The third-order valence-corrected chi connectivity index (χ3v) is 6.03. The highest BCUT2D eigenvalue weighted by molar-refractivity contribution is 7.16. The second-order valence-electron chi connectivity index (χ2n) is 6.50. The molecule has 1 amide bonds. The van der Waals surface area contributed by atoms with Gasteiger partial charge in [-0.1, -0.05) is 11.6 Å². The molecular formula is C17H25ClN2OS. The molecule has 2 heterocycles. The lowest BCUT2D eigenvalue weighted by molar-refractivity contribution is -0.126. The number of thiophene rings is 1. The first-order valence-corrected chi connectivity index (χ1v) is 9.68. The lowest BCUT2D eigenvalue weighted by Gasteiger charge is -2.31. The quantitative estimate of drug-likeness (QED) is 0.767. The number of unbranched alkanes of at least 4 members (excludes halogenated alkanes) is 1. The first kappa shape index (κ1) is 16.3. The highest BCUT2D eigenvalue weighted by atomic mass is 35.5. The molecule has 3 nitrogen and oxygen atoms in total. The van der Waals surface area contributed by atoms with E-state index in [0.29, 0.717) is 0 Å².